The Labute approximate surface area is 165 Å². The maximum atomic E-state index is 12.3. The van der Waals surface area contributed by atoms with E-state index in [9.17, 15) is 9.59 Å². The molecule has 4 nitrogen and oxygen atoms in total. The van der Waals surface area contributed by atoms with E-state index in [1.807, 2.05) is 36.4 Å². The molecule has 1 atom stereocenters. The predicted octanol–water partition coefficient (Wildman–Crippen LogP) is 4.33. The van der Waals surface area contributed by atoms with Gasteiger partial charge in [-0.05, 0) is 41.9 Å². The molecule has 1 unspecified atom stereocenters. The SMILES string of the molecule is CN1Cc2c(Br)ccc(Cl)c2C(c2ccccc2N2C(=O)CCC2=O)C1. The molecule has 2 heterocycles. The summed E-state index contributed by atoms with van der Waals surface area (Å²) in [6.45, 7) is 1.58. The van der Waals surface area contributed by atoms with E-state index in [-0.39, 0.29) is 30.6 Å². The number of imide groups is 1. The van der Waals surface area contributed by atoms with Gasteiger partial charge in [0, 0.05) is 41.3 Å². The van der Waals surface area contributed by atoms with E-state index >= 15 is 0 Å². The topological polar surface area (TPSA) is 40.6 Å². The third kappa shape index (κ3) is 2.88. The van der Waals surface area contributed by atoms with Gasteiger partial charge in [0.05, 0.1) is 5.69 Å². The maximum Gasteiger partial charge on any atom is 0.234 e. The van der Waals surface area contributed by atoms with Gasteiger partial charge in [-0.1, -0.05) is 45.7 Å². The second-order valence-corrected chi connectivity index (χ2v) is 8.11. The molecule has 4 rings (SSSR count). The Kier molecular flexibility index (Phi) is 4.63. The van der Waals surface area contributed by atoms with Gasteiger partial charge in [0.2, 0.25) is 11.8 Å². The fraction of sp³-hybridized carbons (Fsp3) is 0.300. The van der Waals surface area contributed by atoms with Crippen LogP contribution >= 0.6 is 27.5 Å². The zero-order valence-electron chi connectivity index (χ0n) is 14.3. The molecule has 0 saturated carbocycles. The summed E-state index contributed by atoms with van der Waals surface area (Å²) in [6.07, 6.45) is 0.557. The summed E-state index contributed by atoms with van der Waals surface area (Å²) < 4.78 is 1.03. The van der Waals surface area contributed by atoms with Gasteiger partial charge in [-0.2, -0.15) is 0 Å². The lowest BCUT2D eigenvalue weighted by molar-refractivity contribution is -0.121. The molecule has 0 bridgehead atoms. The van der Waals surface area contributed by atoms with Crippen molar-refractivity contribution in [2.24, 2.45) is 0 Å². The Balaban J connectivity index is 1.89. The van der Waals surface area contributed by atoms with Gasteiger partial charge >= 0.3 is 0 Å². The first-order valence-corrected chi connectivity index (χ1v) is 9.74. The van der Waals surface area contributed by atoms with Crippen LogP contribution in [-0.2, 0) is 16.1 Å². The van der Waals surface area contributed by atoms with Gasteiger partial charge < -0.3 is 4.90 Å². The normalized spacial score (nSPS) is 20.6. The van der Waals surface area contributed by atoms with Crippen LogP contribution in [0.2, 0.25) is 5.02 Å². The molecule has 0 N–H and O–H groups in total. The van der Waals surface area contributed by atoms with Crippen LogP contribution in [-0.4, -0.2) is 30.3 Å². The number of hydrogen-bond donors (Lipinski definition) is 0. The number of para-hydroxylation sites is 1. The van der Waals surface area contributed by atoms with Crippen LogP contribution in [0.1, 0.15) is 35.4 Å². The Bertz CT molecular complexity index is 899. The van der Waals surface area contributed by atoms with Gasteiger partial charge in [-0.15, -0.1) is 0 Å². The molecular weight excluding hydrogens is 416 g/mol. The van der Waals surface area contributed by atoms with Crippen molar-refractivity contribution in [3.8, 4) is 0 Å². The minimum atomic E-state index is -0.132. The highest BCUT2D eigenvalue weighted by Crippen LogP contribution is 2.43. The van der Waals surface area contributed by atoms with Gasteiger partial charge in [-0.3, -0.25) is 14.5 Å². The molecule has 6 heteroatoms. The quantitative estimate of drug-likeness (QED) is 0.662. The van der Waals surface area contributed by atoms with Gasteiger partial charge in [0.25, 0.3) is 0 Å². The number of halogens is 2. The Hall–Kier alpha value is -1.69. The van der Waals surface area contributed by atoms with Crippen LogP contribution in [0.25, 0.3) is 0 Å². The van der Waals surface area contributed by atoms with Crippen LogP contribution in [0.3, 0.4) is 0 Å². The Morgan fingerprint density at radius 3 is 2.50 bits per heavy atom. The first-order valence-electron chi connectivity index (χ1n) is 8.57. The van der Waals surface area contributed by atoms with Crippen LogP contribution in [0.4, 0.5) is 5.69 Å². The lowest BCUT2D eigenvalue weighted by atomic mass is 9.83. The third-order valence-electron chi connectivity index (χ3n) is 5.12. The van der Waals surface area contributed by atoms with E-state index in [0.717, 1.165) is 39.3 Å². The second kappa shape index (κ2) is 6.80. The average Bonchev–Trinajstić information content (AvgIpc) is 2.96. The Morgan fingerprint density at radius 2 is 1.77 bits per heavy atom. The van der Waals surface area contributed by atoms with E-state index in [2.05, 4.69) is 27.9 Å². The number of carbonyl (C=O) groups is 2. The van der Waals surface area contributed by atoms with Crippen LogP contribution in [0, 0.1) is 0 Å². The molecule has 0 radical (unpaired) electrons. The smallest absolute Gasteiger partial charge is 0.234 e. The molecule has 1 fully saturated rings. The van der Waals surface area contributed by atoms with Crippen molar-refractivity contribution in [2.45, 2.75) is 25.3 Å². The number of carbonyl (C=O) groups excluding carboxylic acids is 2. The minimum Gasteiger partial charge on any atom is -0.301 e. The van der Waals surface area contributed by atoms with Crippen molar-refractivity contribution in [1.82, 2.24) is 4.90 Å². The van der Waals surface area contributed by atoms with E-state index in [0.29, 0.717) is 5.69 Å². The highest BCUT2D eigenvalue weighted by Gasteiger charge is 2.35. The zero-order valence-corrected chi connectivity index (χ0v) is 16.7. The number of nitrogens with zero attached hydrogens (tertiary/aromatic N) is 2. The summed E-state index contributed by atoms with van der Waals surface area (Å²) in [6, 6.07) is 11.5. The fourth-order valence-electron chi connectivity index (χ4n) is 3.97. The molecule has 1 saturated heterocycles. The summed E-state index contributed by atoms with van der Waals surface area (Å²) >= 11 is 10.2. The molecule has 0 spiro atoms. The highest BCUT2D eigenvalue weighted by molar-refractivity contribution is 9.10. The number of anilines is 1. The molecule has 2 aromatic carbocycles. The number of rotatable bonds is 2. The number of benzene rings is 2. The molecule has 0 aliphatic carbocycles. The summed E-state index contributed by atoms with van der Waals surface area (Å²) in [4.78, 5) is 28.2. The van der Waals surface area contributed by atoms with Crippen molar-refractivity contribution in [3.63, 3.8) is 0 Å². The highest BCUT2D eigenvalue weighted by atomic mass is 79.9. The summed E-state index contributed by atoms with van der Waals surface area (Å²) in [5, 5.41) is 0.718. The summed E-state index contributed by atoms with van der Waals surface area (Å²) in [5.41, 5.74) is 3.88. The molecule has 26 heavy (non-hydrogen) atoms. The lowest BCUT2D eigenvalue weighted by Crippen LogP contribution is -2.34. The van der Waals surface area contributed by atoms with E-state index in [4.69, 9.17) is 11.6 Å². The van der Waals surface area contributed by atoms with Gasteiger partial charge in [0.15, 0.2) is 0 Å². The zero-order chi connectivity index (χ0) is 18.4. The first-order chi connectivity index (χ1) is 12.5. The van der Waals surface area contributed by atoms with Gasteiger partial charge in [-0.25, -0.2) is 0 Å². The van der Waals surface area contributed by atoms with Crippen molar-refractivity contribution in [2.75, 3.05) is 18.5 Å². The molecule has 2 aliphatic heterocycles. The van der Waals surface area contributed by atoms with Gasteiger partial charge in [0.1, 0.15) is 0 Å². The van der Waals surface area contributed by atoms with Crippen molar-refractivity contribution in [3.05, 3.63) is 62.6 Å². The standard InChI is InChI=1S/C20H18BrClN2O2/c1-23-10-13(20-14(11-23)15(21)6-7-16(20)22)12-4-2-3-5-17(12)24-18(25)8-9-19(24)26/h2-7,13H,8-11H2,1H3. The number of amides is 2. The minimum absolute atomic E-state index is 0.00819. The van der Waals surface area contributed by atoms with Crippen molar-refractivity contribution < 1.29 is 9.59 Å². The number of likely N-dealkylation sites (N-methyl/N-ethyl adjacent to an activating group) is 1. The third-order valence-corrected chi connectivity index (χ3v) is 6.19. The van der Waals surface area contributed by atoms with Crippen LogP contribution < -0.4 is 4.90 Å². The van der Waals surface area contributed by atoms with Crippen LogP contribution in [0.5, 0.6) is 0 Å². The predicted molar refractivity (Wildman–Crippen MR) is 105 cm³/mol. The van der Waals surface area contributed by atoms with E-state index in [1.165, 1.54) is 4.90 Å². The largest absolute Gasteiger partial charge is 0.301 e. The van der Waals surface area contributed by atoms with Crippen molar-refractivity contribution in [1.29, 1.82) is 0 Å². The maximum absolute atomic E-state index is 12.3. The van der Waals surface area contributed by atoms with Crippen LogP contribution in [0.15, 0.2) is 40.9 Å². The molecular formula is C20H18BrClN2O2. The fourth-order valence-corrected chi connectivity index (χ4v) is 4.75. The molecule has 134 valence electrons. The number of hydrogen-bond acceptors (Lipinski definition) is 3. The average molecular weight is 434 g/mol. The molecule has 2 amide bonds. The molecule has 2 aliphatic rings. The van der Waals surface area contributed by atoms with Crippen molar-refractivity contribution >= 4 is 45.0 Å². The molecule has 0 aromatic heterocycles. The van der Waals surface area contributed by atoms with E-state index in [1.54, 1.807) is 0 Å². The summed E-state index contributed by atoms with van der Waals surface area (Å²) in [5.74, 6) is -0.273. The number of fused-ring (bicyclic) bond motifs is 1. The summed E-state index contributed by atoms with van der Waals surface area (Å²) in [7, 11) is 2.07. The lowest BCUT2D eigenvalue weighted by Gasteiger charge is -2.35. The Morgan fingerprint density at radius 1 is 1.08 bits per heavy atom. The second-order valence-electron chi connectivity index (χ2n) is 6.85. The van der Waals surface area contributed by atoms with E-state index < -0.39 is 0 Å². The molecule has 2 aromatic rings. The monoisotopic (exact) mass is 432 g/mol. The first kappa shape index (κ1) is 17.7.